The molecule has 3 nitrogen and oxygen atoms in total. The van der Waals surface area contributed by atoms with E-state index in [1.54, 1.807) is 6.33 Å². The van der Waals surface area contributed by atoms with Crippen LogP contribution >= 0.6 is 27.7 Å². The molecular formula is C14H16BrN3S. The van der Waals surface area contributed by atoms with Crippen LogP contribution < -0.4 is 0 Å². The summed E-state index contributed by atoms with van der Waals surface area (Å²) in [5.74, 6) is 1.19. The Labute approximate surface area is 125 Å². The first-order valence-corrected chi connectivity index (χ1v) is 8.11. The molecule has 1 unspecified atom stereocenters. The lowest BCUT2D eigenvalue weighted by molar-refractivity contribution is 0.225. The lowest BCUT2D eigenvalue weighted by Gasteiger charge is -2.32. The Bertz CT molecular complexity index is 556. The van der Waals surface area contributed by atoms with Crippen molar-refractivity contribution >= 4 is 27.7 Å². The molecule has 1 aromatic carbocycles. The maximum absolute atomic E-state index is 4.08. The molecule has 0 amide bonds. The molecule has 0 aliphatic carbocycles. The average Bonchev–Trinajstić information content (AvgIpc) is 2.90. The van der Waals surface area contributed by atoms with Gasteiger partial charge in [-0.25, -0.2) is 4.98 Å². The van der Waals surface area contributed by atoms with E-state index in [1.165, 1.54) is 22.6 Å². The van der Waals surface area contributed by atoms with Crippen LogP contribution in [-0.4, -0.2) is 27.7 Å². The van der Waals surface area contributed by atoms with Crippen molar-refractivity contribution in [2.24, 2.45) is 0 Å². The zero-order valence-corrected chi connectivity index (χ0v) is 13.2. The van der Waals surface area contributed by atoms with Gasteiger partial charge in [0.2, 0.25) is 0 Å². The van der Waals surface area contributed by atoms with E-state index in [0.717, 1.165) is 16.7 Å². The van der Waals surface area contributed by atoms with E-state index in [0.29, 0.717) is 6.04 Å². The molecule has 1 atom stereocenters. The fraction of sp³-hybridized carbons (Fsp3) is 0.357. The predicted molar refractivity (Wildman–Crippen MR) is 82.3 cm³/mol. The molecule has 2 heterocycles. The van der Waals surface area contributed by atoms with E-state index >= 15 is 0 Å². The smallest absolute Gasteiger partial charge is 0.0922 e. The molecule has 0 fully saturated rings. The van der Waals surface area contributed by atoms with Gasteiger partial charge in [0, 0.05) is 33.8 Å². The second kappa shape index (κ2) is 5.69. The quantitative estimate of drug-likeness (QED) is 0.923. The van der Waals surface area contributed by atoms with Gasteiger partial charge in [0.25, 0.3) is 0 Å². The Morgan fingerprint density at radius 2 is 2.42 bits per heavy atom. The summed E-state index contributed by atoms with van der Waals surface area (Å²) in [6.07, 6.45) is 4.83. The highest BCUT2D eigenvalue weighted by Crippen LogP contribution is 2.40. The predicted octanol–water partition coefficient (Wildman–Crippen LogP) is 3.84. The number of thioether (sulfide) groups is 1. The molecule has 19 heavy (non-hydrogen) atoms. The molecule has 0 radical (unpaired) electrons. The third kappa shape index (κ3) is 2.88. The minimum Gasteiger partial charge on any atom is -0.347 e. The van der Waals surface area contributed by atoms with Gasteiger partial charge in [-0.15, -0.1) is 11.8 Å². The molecule has 100 valence electrons. The fourth-order valence-corrected chi connectivity index (χ4v) is 4.02. The number of benzene rings is 1. The van der Waals surface area contributed by atoms with Crippen LogP contribution in [0, 0.1) is 0 Å². The van der Waals surface area contributed by atoms with Gasteiger partial charge in [-0.05, 0) is 43.0 Å². The van der Waals surface area contributed by atoms with Crippen LogP contribution in [0.15, 0.2) is 40.1 Å². The summed E-state index contributed by atoms with van der Waals surface area (Å²) >= 11 is 5.54. The van der Waals surface area contributed by atoms with E-state index in [-0.39, 0.29) is 0 Å². The third-order valence-corrected chi connectivity index (χ3v) is 5.10. The van der Waals surface area contributed by atoms with Gasteiger partial charge in [0.05, 0.1) is 6.33 Å². The average molecular weight is 338 g/mol. The van der Waals surface area contributed by atoms with Crippen LogP contribution in [0.3, 0.4) is 0 Å². The van der Waals surface area contributed by atoms with Crippen molar-refractivity contribution in [3.63, 3.8) is 0 Å². The van der Waals surface area contributed by atoms with Crippen molar-refractivity contribution in [3.05, 3.63) is 46.5 Å². The van der Waals surface area contributed by atoms with E-state index < -0.39 is 0 Å². The number of fused-ring (bicyclic) bond motifs is 1. The molecule has 0 bridgehead atoms. The van der Waals surface area contributed by atoms with Crippen molar-refractivity contribution in [2.45, 2.75) is 23.9 Å². The SMILES string of the molecule is CN(Cc1cnc[nH]1)C1CCSc2ccc(Br)cc21. The molecule has 3 rings (SSSR count). The number of nitrogens with one attached hydrogen (secondary N) is 1. The Morgan fingerprint density at radius 1 is 1.53 bits per heavy atom. The van der Waals surface area contributed by atoms with Gasteiger partial charge in [0.15, 0.2) is 0 Å². The van der Waals surface area contributed by atoms with Gasteiger partial charge in [-0.3, -0.25) is 4.90 Å². The standard InChI is InChI=1S/C14H16BrN3S/c1-18(8-11-7-16-9-17-11)13-4-5-19-14-3-2-10(15)6-12(13)14/h2-3,6-7,9,13H,4-5,8H2,1H3,(H,16,17). The van der Waals surface area contributed by atoms with Crippen molar-refractivity contribution in [1.29, 1.82) is 0 Å². The molecule has 0 spiro atoms. The van der Waals surface area contributed by atoms with Crippen molar-refractivity contribution < 1.29 is 0 Å². The van der Waals surface area contributed by atoms with Gasteiger partial charge in [0.1, 0.15) is 0 Å². The number of hydrogen-bond acceptors (Lipinski definition) is 3. The highest BCUT2D eigenvalue weighted by Gasteiger charge is 2.24. The minimum absolute atomic E-state index is 0.483. The highest BCUT2D eigenvalue weighted by atomic mass is 79.9. The third-order valence-electron chi connectivity index (χ3n) is 3.49. The number of aromatic nitrogens is 2. The molecule has 2 aromatic rings. The Morgan fingerprint density at radius 3 is 3.21 bits per heavy atom. The molecule has 1 aliphatic rings. The van der Waals surface area contributed by atoms with Crippen molar-refractivity contribution in [2.75, 3.05) is 12.8 Å². The van der Waals surface area contributed by atoms with Gasteiger partial charge in [-0.2, -0.15) is 0 Å². The maximum atomic E-state index is 4.08. The topological polar surface area (TPSA) is 31.9 Å². The minimum atomic E-state index is 0.483. The fourth-order valence-electron chi connectivity index (χ4n) is 2.56. The first-order chi connectivity index (χ1) is 9.24. The highest BCUT2D eigenvalue weighted by molar-refractivity contribution is 9.10. The van der Waals surface area contributed by atoms with E-state index in [1.807, 2.05) is 18.0 Å². The zero-order chi connectivity index (χ0) is 13.2. The molecule has 0 saturated carbocycles. The maximum Gasteiger partial charge on any atom is 0.0922 e. The number of rotatable bonds is 3. The lowest BCUT2D eigenvalue weighted by Crippen LogP contribution is -2.27. The number of imidazole rings is 1. The Kier molecular flexibility index (Phi) is 3.96. The second-order valence-electron chi connectivity index (χ2n) is 4.83. The number of hydrogen-bond donors (Lipinski definition) is 1. The van der Waals surface area contributed by atoms with Crippen molar-refractivity contribution in [1.82, 2.24) is 14.9 Å². The summed E-state index contributed by atoms with van der Waals surface area (Å²) in [6.45, 7) is 0.904. The van der Waals surface area contributed by atoms with Crippen LogP contribution in [0.4, 0.5) is 0 Å². The number of halogens is 1. The first-order valence-electron chi connectivity index (χ1n) is 6.34. The summed E-state index contributed by atoms with van der Waals surface area (Å²) in [4.78, 5) is 11.1. The normalized spacial score (nSPS) is 18.6. The van der Waals surface area contributed by atoms with E-state index in [4.69, 9.17) is 0 Å². The summed E-state index contributed by atoms with van der Waals surface area (Å²) in [5.41, 5.74) is 2.60. The summed E-state index contributed by atoms with van der Waals surface area (Å²) in [6, 6.07) is 7.09. The summed E-state index contributed by atoms with van der Waals surface area (Å²) < 4.78 is 1.16. The molecule has 1 aliphatic heterocycles. The zero-order valence-electron chi connectivity index (χ0n) is 10.8. The summed E-state index contributed by atoms with van der Waals surface area (Å²) in [7, 11) is 2.19. The second-order valence-corrected chi connectivity index (χ2v) is 6.88. The summed E-state index contributed by atoms with van der Waals surface area (Å²) in [5, 5.41) is 0. The number of H-pyrrole nitrogens is 1. The Balaban J connectivity index is 1.84. The monoisotopic (exact) mass is 337 g/mol. The van der Waals surface area contributed by atoms with Gasteiger partial charge < -0.3 is 4.98 Å². The van der Waals surface area contributed by atoms with E-state index in [2.05, 4.69) is 56.0 Å². The molecule has 1 N–H and O–H groups in total. The molecule has 0 saturated heterocycles. The number of aromatic amines is 1. The van der Waals surface area contributed by atoms with Crippen LogP contribution in [0.5, 0.6) is 0 Å². The van der Waals surface area contributed by atoms with Crippen LogP contribution in [0.2, 0.25) is 0 Å². The van der Waals surface area contributed by atoms with E-state index in [9.17, 15) is 0 Å². The molecular weight excluding hydrogens is 322 g/mol. The largest absolute Gasteiger partial charge is 0.347 e. The molecule has 1 aromatic heterocycles. The van der Waals surface area contributed by atoms with Crippen molar-refractivity contribution in [3.8, 4) is 0 Å². The van der Waals surface area contributed by atoms with Crippen LogP contribution in [-0.2, 0) is 6.54 Å². The molecule has 5 heteroatoms. The van der Waals surface area contributed by atoms with Gasteiger partial charge >= 0.3 is 0 Å². The lowest BCUT2D eigenvalue weighted by atomic mass is 10.0. The number of nitrogens with zero attached hydrogens (tertiary/aromatic N) is 2. The van der Waals surface area contributed by atoms with Crippen LogP contribution in [0.1, 0.15) is 23.7 Å². The Hall–Kier alpha value is -0.780. The van der Waals surface area contributed by atoms with Crippen LogP contribution in [0.25, 0.3) is 0 Å². The first kappa shape index (κ1) is 13.2. The van der Waals surface area contributed by atoms with Gasteiger partial charge in [-0.1, -0.05) is 15.9 Å².